The summed E-state index contributed by atoms with van der Waals surface area (Å²) in [6, 6.07) is 10.8. The van der Waals surface area contributed by atoms with E-state index in [2.05, 4.69) is 21.3 Å². The van der Waals surface area contributed by atoms with Crippen molar-refractivity contribution in [2.24, 2.45) is 0 Å². The summed E-state index contributed by atoms with van der Waals surface area (Å²) in [7, 11) is 0. The number of hydrogen-bond donors (Lipinski definition) is 1. The second-order valence-corrected chi connectivity index (χ2v) is 6.64. The summed E-state index contributed by atoms with van der Waals surface area (Å²) in [6.07, 6.45) is 4.87. The highest BCUT2D eigenvalue weighted by molar-refractivity contribution is 6.05. The largest absolute Gasteiger partial charge is 0.370 e. The first-order valence-corrected chi connectivity index (χ1v) is 8.97. The van der Waals surface area contributed by atoms with Gasteiger partial charge in [0.2, 0.25) is 0 Å². The molecule has 4 rings (SSSR count). The van der Waals surface area contributed by atoms with Crippen LogP contribution in [0.15, 0.2) is 42.7 Å². The van der Waals surface area contributed by atoms with Crippen molar-refractivity contribution in [3.8, 4) is 6.07 Å². The summed E-state index contributed by atoms with van der Waals surface area (Å²) < 4.78 is 11.5. The lowest BCUT2D eigenvalue weighted by atomic mass is 10.0. The molecule has 2 aromatic rings. The molecular weight excluding hydrogens is 344 g/mol. The van der Waals surface area contributed by atoms with E-state index in [1.54, 1.807) is 30.5 Å². The highest BCUT2D eigenvalue weighted by Gasteiger charge is 2.39. The summed E-state index contributed by atoms with van der Waals surface area (Å²) in [6.45, 7) is 2.87. The molecule has 2 aliphatic heterocycles. The Morgan fingerprint density at radius 2 is 1.93 bits per heavy atom. The smallest absolute Gasteiger partial charge is 0.257 e. The van der Waals surface area contributed by atoms with Gasteiger partial charge in [-0.1, -0.05) is 12.1 Å². The van der Waals surface area contributed by atoms with Gasteiger partial charge < -0.3 is 19.7 Å². The number of nitrogens with zero attached hydrogens (tertiary/aromatic N) is 3. The summed E-state index contributed by atoms with van der Waals surface area (Å²) in [5.41, 5.74) is 2.26. The van der Waals surface area contributed by atoms with Gasteiger partial charge in [0.15, 0.2) is 5.79 Å². The van der Waals surface area contributed by atoms with Crippen LogP contribution in [0.4, 0.5) is 11.4 Å². The Bertz CT molecular complexity index is 877. The van der Waals surface area contributed by atoms with Crippen LogP contribution in [-0.4, -0.2) is 43.0 Å². The van der Waals surface area contributed by atoms with Crippen molar-refractivity contribution in [3.05, 3.63) is 53.9 Å². The van der Waals surface area contributed by atoms with Crippen LogP contribution in [0.1, 0.15) is 28.8 Å². The van der Waals surface area contributed by atoms with Gasteiger partial charge in [0.25, 0.3) is 5.91 Å². The first kappa shape index (κ1) is 17.5. The van der Waals surface area contributed by atoms with Crippen LogP contribution < -0.4 is 10.2 Å². The number of ether oxygens (including phenoxy) is 2. The zero-order chi connectivity index (χ0) is 18.7. The third-order valence-electron chi connectivity index (χ3n) is 4.99. The molecule has 1 amide bonds. The normalized spacial score (nSPS) is 18.3. The lowest BCUT2D eigenvalue weighted by molar-refractivity contribution is -0.169. The lowest BCUT2D eigenvalue weighted by Gasteiger charge is -2.38. The first-order valence-electron chi connectivity index (χ1n) is 8.97. The second-order valence-electron chi connectivity index (χ2n) is 6.64. The minimum absolute atomic E-state index is 0.289. The van der Waals surface area contributed by atoms with E-state index in [1.165, 1.54) is 6.20 Å². The number of nitriles is 1. The van der Waals surface area contributed by atoms with E-state index in [1.807, 2.05) is 6.07 Å². The van der Waals surface area contributed by atoms with Crippen molar-refractivity contribution in [1.29, 1.82) is 5.26 Å². The fourth-order valence-corrected chi connectivity index (χ4v) is 3.50. The minimum atomic E-state index is -0.431. The van der Waals surface area contributed by atoms with Gasteiger partial charge in [0, 0.05) is 32.1 Å². The van der Waals surface area contributed by atoms with Gasteiger partial charge in [-0.3, -0.25) is 9.78 Å². The Labute approximate surface area is 157 Å². The molecule has 2 saturated heterocycles. The van der Waals surface area contributed by atoms with Crippen LogP contribution >= 0.6 is 0 Å². The first-order chi connectivity index (χ1) is 13.2. The molecule has 0 unspecified atom stereocenters. The van der Waals surface area contributed by atoms with Gasteiger partial charge >= 0.3 is 0 Å². The SMILES string of the molecule is N#Cc1ccccc1NC(=O)c1cncc(N2CCC3(CC2)OCCO3)c1. The number of nitrogens with one attached hydrogen (secondary N) is 1. The van der Waals surface area contributed by atoms with Gasteiger partial charge in [0.05, 0.1) is 41.9 Å². The molecule has 0 radical (unpaired) electrons. The third-order valence-corrected chi connectivity index (χ3v) is 4.99. The fourth-order valence-electron chi connectivity index (χ4n) is 3.50. The third kappa shape index (κ3) is 3.63. The molecule has 0 bridgehead atoms. The maximum absolute atomic E-state index is 12.6. The molecule has 2 aliphatic rings. The number of anilines is 2. The summed E-state index contributed by atoms with van der Waals surface area (Å²) >= 11 is 0. The fraction of sp³-hybridized carbons (Fsp3) is 0.350. The van der Waals surface area contributed by atoms with Crippen molar-refractivity contribution in [1.82, 2.24) is 4.98 Å². The van der Waals surface area contributed by atoms with Crippen LogP contribution in [0.5, 0.6) is 0 Å². The molecule has 1 aromatic carbocycles. The average Bonchev–Trinajstić information content (AvgIpc) is 3.17. The van der Waals surface area contributed by atoms with Crippen molar-refractivity contribution >= 4 is 17.3 Å². The number of para-hydroxylation sites is 1. The van der Waals surface area contributed by atoms with Crippen molar-refractivity contribution in [2.45, 2.75) is 18.6 Å². The van der Waals surface area contributed by atoms with Gasteiger partial charge in [-0.05, 0) is 18.2 Å². The number of pyridine rings is 1. The van der Waals surface area contributed by atoms with Gasteiger partial charge in [-0.15, -0.1) is 0 Å². The van der Waals surface area contributed by atoms with E-state index in [9.17, 15) is 4.79 Å². The molecule has 3 heterocycles. The molecule has 1 N–H and O–H groups in total. The Balaban J connectivity index is 1.46. The van der Waals surface area contributed by atoms with Gasteiger partial charge in [-0.2, -0.15) is 5.26 Å². The van der Waals surface area contributed by atoms with Gasteiger partial charge in [-0.25, -0.2) is 0 Å². The zero-order valence-corrected chi connectivity index (χ0v) is 14.9. The van der Waals surface area contributed by atoms with Crippen molar-refractivity contribution in [2.75, 3.05) is 36.5 Å². The summed E-state index contributed by atoms with van der Waals surface area (Å²) in [4.78, 5) is 19.0. The molecule has 7 nitrogen and oxygen atoms in total. The average molecular weight is 364 g/mol. The quantitative estimate of drug-likeness (QED) is 0.901. The number of hydrogen-bond acceptors (Lipinski definition) is 6. The number of carbonyl (C=O) groups is 1. The second kappa shape index (κ2) is 7.35. The summed E-state index contributed by atoms with van der Waals surface area (Å²) in [5, 5.41) is 12.0. The van der Waals surface area contributed by atoms with Crippen LogP contribution in [0.25, 0.3) is 0 Å². The predicted octanol–water partition coefficient (Wildman–Crippen LogP) is 2.55. The van der Waals surface area contributed by atoms with Crippen molar-refractivity contribution in [3.63, 3.8) is 0 Å². The number of rotatable bonds is 3. The van der Waals surface area contributed by atoms with E-state index in [4.69, 9.17) is 14.7 Å². The summed E-state index contributed by atoms with van der Waals surface area (Å²) in [5.74, 6) is -0.720. The number of carbonyl (C=O) groups excluding carboxylic acids is 1. The number of amides is 1. The molecule has 0 aliphatic carbocycles. The van der Waals surface area contributed by atoms with E-state index < -0.39 is 5.79 Å². The van der Waals surface area contributed by atoms with Crippen LogP contribution in [0.3, 0.4) is 0 Å². The highest BCUT2D eigenvalue weighted by Crippen LogP contribution is 2.33. The Morgan fingerprint density at radius 1 is 1.19 bits per heavy atom. The molecular formula is C20H20N4O3. The molecule has 138 valence electrons. The van der Waals surface area contributed by atoms with E-state index in [-0.39, 0.29) is 5.91 Å². The Kier molecular flexibility index (Phi) is 4.75. The molecule has 1 aromatic heterocycles. The van der Waals surface area contributed by atoms with Crippen molar-refractivity contribution < 1.29 is 14.3 Å². The van der Waals surface area contributed by atoms with E-state index >= 15 is 0 Å². The predicted molar refractivity (Wildman–Crippen MR) is 99.4 cm³/mol. The molecule has 7 heteroatoms. The number of piperidine rings is 1. The molecule has 27 heavy (non-hydrogen) atoms. The number of benzene rings is 1. The maximum Gasteiger partial charge on any atom is 0.257 e. The van der Waals surface area contributed by atoms with Crippen LogP contribution in [0, 0.1) is 11.3 Å². The molecule has 1 spiro atoms. The molecule has 0 atom stereocenters. The lowest BCUT2D eigenvalue weighted by Crippen LogP contribution is -2.45. The maximum atomic E-state index is 12.6. The molecule has 2 fully saturated rings. The van der Waals surface area contributed by atoms with Crippen LogP contribution in [-0.2, 0) is 9.47 Å². The van der Waals surface area contributed by atoms with E-state index in [0.717, 1.165) is 31.6 Å². The zero-order valence-electron chi connectivity index (χ0n) is 14.9. The van der Waals surface area contributed by atoms with Gasteiger partial charge in [0.1, 0.15) is 6.07 Å². The van der Waals surface area contributed by atoms with E-state index in [0.29, 0.717) is 30.0 Å². The minimum Gasteiger partial charge on any atom is -0.370 e. The topological polar surface area (TPSA) is 87.5 Å². The number of aromatic nitrogens is 1. The Hall–Kier alpha value is -2.95. The van der Waals surface area contributed by atoms with Crippen LogP contribution in [0.2, 0.25) is 0 Å². The molecule has 0 saturated carbocycles. The standard InChI is InChI=1S/C20H20N4O3/c21-12-15-3-1-2-4-18(15)23-19(25)16-11-17(14-22-13-16)24-7-5-20(6-8-24)26-9-10-27-20/h1-4,11,13-14H,5-10H2,(H,23,25). The Morgan fingerprint density at radius 3 is 2.67 bits per heavy atom. The highest BCUT2D eigenvalue weighted by atomic mass is 16.7. The monoisotopic (exact) mass is 364 g/mol.